The number of carbonyl (C=O) groups excluding carboxylic acids is 3. The molecule has 1 N–H and O–H groups in total. The molecule has 0 aliphatic carbocycles. The number of fused-ring (bicyclic) bond motifs is 2. The summed E-state index contributed by atoms with van der Waals surface area (Å²) >= 11 is 0. The Labute approximate surface area is 189 Å². The molecule has 0 saturated carbocycles. The molecule has 2 unspecified atom stereocenters. The Hall–Kier alpha value is -2.77. The molecule has 2 aliphatic rings. The van der Waals surface area contributed by atoms with E-state index in [0.29, 0.717) is 12.8 Å². The number of esters is 1. The van der Waals surface area contributed by atoms with E-state index in [4.69, 9.17) is 14.2 Å². The van der Waals surface area contributed by atoms with Crippen molar-refractivity contribution < 1.29 is 28.6 Å². The minimum atomic E-state index is -0.810. The Morgan fingerprint density at radius 3 is 2.25 bits per heavy atom. The van der Waals surface area contributed by atoms with E-state index >= 15 is 0 Å². The highest BCUT2D eigenvalue weighted by atomic mass is 16.6. The highest BCUT2D eigenvalue weighted by Gasteiger charge is 2.48. The fourth-order valence-corrected chi connectivity index (χ4v) is 4.62. The maximum absolute atomic E-state index is 12.8. The minimum absolute atomic E-state index is 0.0283. The van der Waals surface area contributed by atoms with Crippen LogP contribution in [0, 0.1) is 5.92 Å². The van der Waals surface area contributed by atoms with Crippen molar-refractivity contribution >= 4 is 18.2 Å². The van der Waals surface area contributed by atoms with Crippen molar-refractivity contribution in [3.63, 3.8) is 0 Å². The standard InChI is InChI=1S/C24H34N2O6/c1-5-30-21(27)20(25-22(28)32-24(2,3)4)17-13-18-11-12-19(14-17)26(18)23(29)31-15-16-9-7-6-8-10-16/h6-10,17-20H,5,11-15H2,1-4H3,(H,25,28)/t17?,18?,19?,20-/m0/s1. The van der Waals surface area contributed by atoms with Gasteiger partial charge in [-0.15, -0.1) is 0 Å². The summed E-state index contributed by atoms with van der Waals surface area (Å²) < 4.78 is 16.1. The third-order valence-electron chi connectivity index (χ3n) is 5.87. The van der Waals surface area contributed by atoms with Gasteiger partial charge in [-0.25, -0.2) is 14.4 Å². The number of nitrogens with zero attached hydrogens (tertiary/aromatic N) is 1. The average Bonchev–Trinajstić information content (AvgIpc) is 2.99. The fraction of sp³-hybridized carbons (Fsp3) is 0.625. The van der Waals surface area contributed by atoms with Gasteiger partial charge in [-0.3, -0.25) is 0 Å². The lowest BCUT2D eigenvalue weighted by molar-refractivity contribution is -0.148. The molecule has 0 aromatic heterocycles. The second-order valence-corrected chi connectivity index (χ2v) is 9.44. The second-order valence-electron chi connectivity index (χ2n) is 9.44. The van der Waals surface area contributed by atoms with E-state index in [1.54, 1.807) is 27.7 Å². The van der Waals surface area contributed by atoms with Gasteiger partial charge in [-0.1, -0.05) is 30.3 Å². The first-order valence-corrected chi connectivity index (χ1v) is 11.3. The summed E-state index contributed by atoms with van der Waals surface area (Å²) in [6.07, 6.45) is 1.92. The summed E-state index contributed by atoms with van der Waals surface area (Å²) in [6.45, 7) is 7.49. The molecule has 8 heteroatoms. The van der Waals surface area contributed by atoms with Crippen LogP contribution in [0.15, 0.2) is 30.3 Å². The summed E-state index contributed by atoms with van der Waals surface area (Å²) in [5.41, 5.74) is 0.265. The zero-order valence-corrected chi connectivity index (χ0v) is 19.3. The number of hydrogen-bond donors (Lipinski definition) is 1. The molecular weight excluding hydrogens is 412 g/mol. The lowest BCUT2D eigenvalue weighted by Crippen LogP contribution is -2.54. The van der Waals surface area contributed by atoms with Crippen LogP contribution in [0.4, 0.5) is 9.59 Å². The summed E-state index contributed by atoms with van der Waals surface area (Å²) in [6, 6.07) is 8.70. The fourth-order valence-electron chi connectivity index (χ4n) is 4.62. The van der Waals surface area contributed by atoms with Gasteiger partial charge in [-0.05, 0) is 64.9 Å². The van der Waals surface area contributed by atoms with Crippen LogP contribution in [0.5, 0.6) is 0 Å². The molecule has 8 nitrogen and oxygen atoms in total. The van der Waals surface area contributed by atoms with Crippen LogP contribution in [-0.4, -0.2) is 53.4 Å². The van der Waals surface area contributed by atoms with E-state index in [9.17, 15) is 14.4 Å². The van der Waals surface area contributed by atoms with Crippen LogP contribution >= 0.6 is 0 Å². The highest BCUT2D eigenvalue weighted by molar-refractivity contribution is 5.82. The third-order valence-corrected chi connectivity index (χ3v) is 5.87. The summed E-state index contributed by atoms with van der Waals surface area (Å²) in [5.74, 6) is -0.611. The van der Waals surface area contributed by atoms with Gasteiger partial charge in [-0.2, -0.15) is 0 Å². The van der Waals surface area contributed by atoms with Crippen molar-refractivity contribution in [2.24, 2.45) is 5.92 Å². The van der Waals surface area contributed by atoms with Crippen molar-refractivity contribution in [2.75, 3.05) is 6.61 Å². The molecule has 176 valence electrons. The number of carbonyl (C=O) groups is 3. The molecule has 3 rings (SSSR count). The van der Waals surface area contributed by atoms with Gasteiger partial charge in [0.05, 0.1) is 6.61 Å². The number of piperidine rings is 1. The topological polar surface area (TPSA) is 94.2 Å². The Kier molecular flexibility index (Phi) is 7.64. The van der Waals surface area contributed by atoms with Crippen molar-refractivity contribution in [1.29, 1.82) is 0 Å². The first-order valence-electron chi connectivity index (χ1n) is 11.3. The van der Waals surface area contributed by atoms with Crippen molar-refractivity contribution in [3.8, 4) is 0 Å². The van der Waals surface area contributed by atoms with Crippen LogP contribution in [0.1, 0.15) is 58.9 Å². The summed E-state index contributed by atoms with van der Waals surface area (Å²) in [5, 5.41) is 2.72. The number of amides is 2. The molecular formula is C24H34N2O6. The van der Waals surface area contributed by atoms with Gasteiger partial charge in [0.1, 0.15) is 18.2 Å². The largest absolute Gasteiger partial charge is 0.464 e. The third kappa shape index (κ3) is 6.14. The molecule has 2 bridgehead atoms. The average molecular weight is 447 g/mol. The normalized spacial score (nSPS) is 23.2. The van der Waals surface area contributed by atoms with Gasteiger partial charge in [0, 0.05) is 12.1 Å². The number of ether oxygens (including phenoxy) is 3. The van der Waals surface area contributed by atoms with Gasteiger partial charge in [0.25, 0.3) is 0 Å². The quantitative estimate of drug-likeness (QED) is 0.524. The first-order chi connectivity index (χ1) is 15.2. The maximum atomic E-state index is 12.8. The Bertz CT molecular complexity index is 792. The lowest BCUT2D eigenvalue weighted by Gasteiger charge is -2.40. The zero-order chi connectivity index (χ0) is 23.3. The van der Waals surface area contributed by atoms with Gasteiger partial charge in [0.15, 0.2) is 0 Å². The molecule has 2 saturated heterocycles. The van der Waals surface area contributed by atoms with Crippen molar-refractivity contribution in [1.82, 2.24) is 10.2 Å². The monoisotopic (exact) mass is 446 g/mol. The van der Waals surface area contributed by atoms with E-state index in [-0.39, 0.29) is 37.3 Å². The van der Waals surface area contributed by atoms with Crippen LogP contribution in [0.25, 0.3) is 0 Å². The van der Waals surface area contributed by atoms with Crippen LogP contribution in [0.2, 0.25) is 0 Å². The number of rotatable bonds is 6. The Balaban J connectivity index is 1.64. The maximum Gasteiger partial charge on any atom is 0.410 e. The molecule has 1 aromatic rings. The van der Waals surface area contributed by atoms with Crippen LogP contribution < -0.4 is 5.32 Å². The summed E-state index contributed by atoms with van der Waals surface area (Å²) in [7, 11) is 0. The SMILES string of the molecule is CCOC(=O)[C@@H](NC(=O)OC(C)(C)C)C1CC2CCC(C1)N2C(=O)OCc1ccccc1. The molecule has 1 aromatic carbocycles. The smallest absolute Gasteiger partial charge is 0.410 e. The van der Waals surface area contributed by atoms with E-state index in [0.717, 1.165) is 18.4 Å². The molecule has 2 amide bonds. The Morgan fingerprint density at radius 1 is 1.06 bits per heavy atom. The van der Waals surface area contributed by atoms with E-state index in [1.807, 2.05) is 35.2 Å². The molecule has 2 fully saturated rings. The zero-order valence-electron chi connectivity index (χ0n) is 19.3. The van der Waals surface area contributed by atoms with Crippen molar-refractivity contribution in [3.05, 3.63) is 35.9 Å². The number of hydrogen-bond acceptors (Lipinski definition) is 6. The molecule has 0 spiro atoms. The molecule has 2 heterocycles. The van der Waals surface area contributed by atoms with Crippen LogP contribution in [0.3, 0.4) is 0 Å². The van der Waals surface area contributed by atoms with Gasteiger partial charge in [0.2, 0.25) is 0 Å². The highest BCUT2D eigenvalue weighted by Crippen LogP contribution is 2.40. The molecule has 3 atom stereocenters. The van der Waals surface area contributed by atoms with E-state index in [2.05, 4.69) is 5.32 Å². The van der Waals surface area contributed by atoms with Crippen LogP contribution in [-0.2, 0) is 25.6 Å². The predicted octanol–water partition coefficient (Wildman–Crippen LogP) is 4.02. The number of benzene rings is 1. The molecule has 0 radical (unpaired) electrons. The van der Waals surface area contributed by atoms with Gasteiger partial charge >= 0.3 is 18.2 Å². The van der Waals surface area contributed by atoms with Crippen molar-refractivity contribution in [2.45, 2.75) is 83.7 Å². The first kappa shape index (κ1) is 23.9. The lowest BCUT2D eigenvalue weighted by atomic mass is 9.85. The van der Waals surface area contributed by atoms with E-state index in [1.165, 1.54) is 0 Å². The second kappa shape index (κ2) is 10.2. The molecule has 32 heavy (non-hydrogen) atoms. The number of nitrogens with one attached hydrogen (secondary N) is 1. The number of alkyl carbamates (subject to hydrolysis) is 1. The van der Waals surface area contributed by atoms with E-state index < -0.39 is 23.7 Å². The summed E-state index contributed by atoms with van der Waals surface area (Å²) in [4.78, 5) is 39.6. The molecule has 2 aliphatic heterocycles. The van der Waals surface area contributed by atoms with Gasteiger partial charge < -0.3 is 24.4 Å². The minimum Gasteiger partial charge on any atom is -0.464 e. The predicted molar refractivity (Wildman–Crippen MR) is 118 cm³/mol. The Morgan fingerprint density at radius 2 is 1.69 bits per heavy atom.